The fraction of sp³-hybridized carbons (Fsp3) is 0.160. The number of anilines is 1. The molecule has 1 aliphatic carbocycles. The fourth-order valence-electron chi connectivity index (χ4n) is 3.59. The van der Waals surface area contributed by atoms with Crippen LogP contribution in [0.15, 0.2) is 47.6 Å². The summed E-state index contributed by atoms with van der Waals surface area (Å²) >= 11 is 13.2. The number of amides is 2. The molecule has 0 spiro atoms. The number of carbonyl (C=O) groups excluding carboxylic acids is 3. The molecule has 36 heavy (non-hydrogen) atoms. The molecule has 0 unspecified atom stereocenters. The normalized spacial score (nSPS) is 12.5. The van der Waals surface area contributed by atoms with Crippen molar-refractivity contribution in [2.24, 2.45) is 5.10 Å². The Hall–Kier alpha value is -3.71. The molecule has 0 aliphatic heterocycles. The van der Waals surface area contributed by atoms with Crippen molar-refractivity contribution in [2.75, 3.05) is 5.32 Å². The van der Waals surface area contributed by atoms with Gasteiger partial charge in [-0.25, -0.2) is 10.2 Å². The molecule has 1 aliphatic rings. The number of fused-ring (bicyclic) bond motifs is 1. The maximum Gasteiger partial charge on any atom is 0.345 e. The lowest BCUT2D eigenvalue weighted by Gasteiger charge is -2.09. The molecule has 1 aromatic heterocycles. The third kappa shape index (κ3) is 5.91. The molecule has 8 nitrogen and oxygen atoms in total. The summed E-state index contributed by atoms with van der Waals surface area (Å²) in [7, 11) is 0. The minimum absolute atomic E-state index is 0.178. The van der Waals surface area contributed by atoms with Gasteiger partial charge in [0.15, 0.2) is 0 Å². The molecule has 0 saturated heterocycles. The van der Waals surface area contributed by atoms with Crippen LogP contribution in [0.4, 0.5) is 5.00 Å². The lowest BCUT2D eigenvalue weighted by atomic mass is 9.96. The van der Waals surface area contributed by atoms with Crippen LogP contribution < -0.4 is 15.5 Å². The number of rotatable bonds is 5. The Morgan fingerprint density at radius 2 is 1.81 bits per heavy atom. The van der Waals surface area contributed by atoms with Gasteiger partial charge in [0, 0.05) is 9.90 Å². The van der Waals surface area contributed by atoms with Crippen LogP contribution in [-0.4, -0.2) is 24.0 Å². The van der Waals surface area contributed by atoms with Crippen LogP contribution in [0.3, 0.4) is 0 Å². The summed E-state index contributed by atoms with van der Waals surface area (Å²) in [4.78, 5) is 37.8. The summed E-state index contributed by atoms with van der Waals surface area (Å²) in [6.07, 6.45) is 5.04. The lowest BCUT2D eigenvalue weighted by Crippen LogP contribution is -2.32. The van der Waals surface area contributed by atoms with Crippen molar-refractivity contribution < 1.29 is 19.1 Å². The monoisotopic (exact) mass is 540 g/mol. The van der Waals surface area contributed by atoms with E-state index < -0.39 is 17.8 Å². The average molecular weight is 541 g/mol. The zero-order valence-electron chi connectivity index (χ0n) is 18.6. The number of nitrogens with one attached hydrogen (secondary N) is 2. The molecule has 2 N–H and O–H groups in total. The number of halogens is 2. The van der Waals surface area contributed by atoms with Gasteiger partial charge in [-0.05, 0) is 79.3 Å². The van der Waals surface area contributed by atoms with E-state index >= 15 is 0 Å². The van der Waals surface area contributed by atoms with Crippen LogP contribution >= 0.6 is 34.5 Å². The van der Waals surface area contributed by atoms with E-state index in [0.29, 0.717) is 21.2 Å². The maximum atomic E-state index is 12.3. The topological polar surface area (TPSA) is 121 Å². The maximum absolute atomic E-state index is 12.3. The average Bonchev–Trinajstić information content (AvgIpc) is 3.21. The molecule has 0 radical (unpaired) electrons. The zero-order chi connectivity index (χ0) is 25.7. The molecular formula is C25H18Cl2N4O4S. The third-order valence-corrected chi connectivity index (χ3v) is 7.09. The van der Waals surface area contributed by atoms with Crippen molar-refractivity contribution in [3.8, 4) is 11.8 Å². The lowest BCUT2D eigenvalue weighted by molar-refractivity contribution is -0.136. The second-order valence-electron chi connectivity index (χ2n) is 7.76. The van der Waals surface area contributed by atoms with E-state index in [4.69, 9.17) is 27.9 Å². The number of nitrogens with zero attached hydrogens (tertiary/aromatic N) is 2. The molecule has 0 fully saturated rings. The number of hydrogen-bond donors (Lipinski definition) is 2. The van der Waals surface area contributed by atoms with Crippen LogP contribution in [0.25, 0.3) is 0 Å². The quantitative estimate of drug-likeness (QED) is 0.153. The smallest absolute Gasteiger partial charge is 0.345 e. The van der Waals surface area contributed by atoms with Gasteiger partial charge in [-0.1, -0.05) is 23.2 Å². The Balaban J connectivity index is 1.31. The summed E-state index contributed by atoms with van der Waals surface area (Å²) in [5, 5.41) is 16.7. The number of nitriles is 1. The number of hydrogen-bond acceptors (Lipinski definition) is 7. The Kier molecular flexibility index (Phi) is 8.00. The van der Waals surface area contributed by atoms with Gasteiger partial charge in [0.05, 0.1) is 22.4 Å². The van der Waals surface area contributed by atoms with E-state index in [1.54, 1.807) is 24.3 Å². The van der Waals surface area contributed by atoms with E-state index in [-0.39, 0.29) is 16.3 Å². The highest BCUT2D eigenvalue weighted by Gasteiger charge is 2.23. The molecule has 11 heteroatoms. The van der Waals surface area contributed by atoms with Gasteiger partial charge in [0.2, 0.25) is 0 Å². The van der Waals surface area contributed by atoms with Crippen LogP contribution in [0, 0.1) is 11.3 Å². The minimum atomic E-state index is -0.966. The molecule has 1 heterocycles. The van der Waals surface area contributed by atoms with Gasteiger partial charge >= 0.3 is 17.8 Å². The van der Waals surface area contributed by atoms with Gasteiger partial charge in [0.25, 0.3) is 0 Å². The Morgan fingerprint density at radius 3 is 2.53 bits per heavy atom. The van der Waals surface area contributed by atoms with E-state index in [1.807, 2.05) is 0 Å². The minimum Gasteiger partial charge on any atom is -0.423 e. The molecule has 182 valence electrons. The van der Waals surface area contributed by atoms with Crippen LogP contribution in [0.5, 0.6) is 5.75 Å². The zero-order valence-corrected chi connectivity index (χ0v) is 21.0. The number of carbonyl (C=O) groups is 3. The highest BCUT2D eigenvalue weighted by atomic mass is 35.5. The number of hydrazone groups is 1. The van der Waals surface area contributed by atoms with Crippen molar-refractivity contribution >= 4 is 63.5 Å². The molecule has 0 atom stereocenters. The van der Waals surface area contributed by atoms with Crippen molar-refractivity contribution in [2.45, 2.75) is 25.7 Å². The first-order valence-corrected chi connectivity index (χ1v) is 12.4. The summed E-state index contributed by atoms with van der Waals surface area (Å²) in [5.74, 6) is -2.24. The van der Waals surface area contributed by atoms with E-state index in [9.17, 15) is 19.6 Å². The second-order valence-corrected chi connectivity index (χ2v) is 9.71. The first kappa shape index (κ1) is 25.4. The molecule has 0 bridgehead atoms. The molecular weight excluding hydrogens is 523 g/mol. The fourth-order valence-corrected chi connectivity index (χ4v) is 5.31. The molecule has 3 aromatic rings. The van der Waals surface area contributed by atoms with Crippen molar-refractivity contribution in [1.82, 2.24) is 5.43 Å². The van der Waals surface area contributed by atoms with Crippen LogP contribution in [0.2, 0.25) is 10.0 Å². The molecule has 2 aromatic carbocycles. The first-order chi connectivity index (χ1) is 17.4. The van der Waals surface area contributed by atoms with Crippen molar-refractivity contribution in [3.63, 3.8) is 0 Å². The molecule has 2 amide bonds. The number of esters is 1. The van der Waals surface area contributed by atoms with Crippen molar-refractivity contribution in [3.05, 3.63) is 79.6 Å². The summed E-state index contributed by atoms with van der Waals surface area (Å²) in [6.45, 7) is 0. The number of benzene rings is 2. The van der Waals surface area contributed by atoms with E-state index in [2.05, 4.69) is 21.9 Å². The Bertz CT molecular complexity index is 1410. The largest absolute Gasteiger partial charge is 0.423 e. The van der Waals surface area contributed by atoms with Crippen molar-refractivity contribution in [1.29, 1.82) is 5.26 Å². The summed E-state index contributed by atoms with van der Waals surface area (Å²) < 4.78 is 5.30. The highest BCUT2D eigenvalue weighted by Crippen LogP contribution is 2.37. The number of aryl methyl sites for hydroxylation is 1. The van der Waals surface area contributed by atoms with E-state index in [0.717, 1.165) is 36.1 Å². The number of thiophene rings is 1. The highest BCUT2D eigenvalue weighted by molar-refractivity contribution is 7.16. The summed E-state index contributed by atoms with van der Waals surface area (Å²) in [5.41, 5.74) is 4.31. The summed E-state index contributed by atoms with van der Waals surface area (Å²) in [6, 6.07) is 12.9. The standard InChI is InChI=1S/C25H18Cl2N4O4S/c26-15-7-10-18(20(27)11-15)25(34)35-16-8-5-14(6-9-16)13-29-31-23(33)22(32)30-24-19(12-28)17-3-1-2-4-21(17)36-24/h5-11,13H,1-4H2,(H,30,32)(H,31,33)/b29-13-. The Labute approximate surface area is 220 Å². The van der Waals surface area contributed by atoms with Gasteiger partial charge in [-0.2, -0.15) is 10.4 Å². The second kappa shape index (κ2) is 11.4. The SMILES string of the molecule is N#Cc1c(NC(=O)C(=O)N/N=C\c2ccc(OC(=O)c3ccc(Cl)cc3Cl)cc2)sc2c1CCCC2. The van der Waals surface area contributed by atoms with E-state index in [1.165, 1.54) is 35.8 Å². The predicted octanol–water partition coefficient (Wildman–Crippen LogP) is 5.11. The molecule has 0 saturated carbocycles. The van der Waals surface area contributed by atoms with Gasteiger partial charge in [-0.3, -0.25) is 9.59 Å². The van der Waals surface area contributed by atoms with Gasteiger partial charge in [0.1, 0.15) is 16.8 Å². The Morgan fingerprint density at radius 1 is 1.06 bits per heavy atom. The first-order valence-electron chi connectivity index (χ1n) is 10.8. The van der Waals surface area contributed by atoms with Gasteiger partial charge < -0.3 is 10.1 Å². The van der Waals surface area contributed by atoms with Gasteiger partial charge in [-0.15, -0.1) is 11.3 Å². The molecule has 4 rings (SSSR count). The van der Waals surface area contributed by atoms with Crippen LogP contribution in [-0.2, 0) is 22.4 Å². The number of ether oxygens (including phenoxy) is 1. The van der Waals surface area contributed by atoms with Crippen LogP contribution in [0.1, 0.15) is 44.8 Å². The predicted molar refractivity (Wildman–Crippen MR) is 138 cm³/mol. The third-order valence-electron chi connectivity index (χ3n) is 5.34.